The first kappa shape index (κ1) is 35.1. The van der Waals surface area contributed by atoms with Crippen molar-refractivity contribution in [3.8, 4) is 11.3 Å². The van der Waals surface area contributed by atoms with Crippen LogP contribution < -0.4 is 10.6 Å². The van der Waals surface area contributed by atoms with Gasteiger partial charge in [0.1, 0.15) is 28.7 Å². The van der Waals surface area contributed by atoms with Crippen molar-refractivity contribution in [1.29, 1.82) is 0 Å². The molecule has 11 nitrogen and oxygen atoms in total. The third-order valence-corrected chi connectivity index (χ3v) is 10.6. The smallest absolute Gasteiger partial charge is 0.254 e. The average Bonchev–Trinajstić information content (AvgIpc) is 3.68. The van der Waals surface area contributed by atoms with Gasteiger partial charge >= 0.3 is 0 Å². The SMILES string of the molecule is Cc1nc2c(F)cc(-c3nc(Nc4ccc(CN5CCN(Cc6ccc7c(c6F)CN(C6CCCNC6)C7=O)CC5)cn4)ncc3F)cc2n1C(C)C. The van der Waals surface area contributed by atoms with Crippen molar-refractivity contribution >= 4 is 28.7 Å². The van der Waals surface area contributed by atoms with Gasteiger partial charge in [-0.3, -0.25) is 14.6 Å². The lowest BCUT2D eigenvalue weighted by Gasteiger charge is -2.34. The van der Waals surface area contributed by atoms with Gasteiger partial charge in [0, 0.05) is 86.3 Å². The molecule has 0 saturated carbocycles. The number of pyridine rings is 1. The highest BCUT2D eigenvalue weighted by molar-refractivity contribution is 5.98. The molecular formula is C39H43F3N10O. The first-order valence-electron chi connectivity index (χ1n) is 18.3. The van der Waals surface area contributed by atoms with E-state index in [0.717, 1.165) is 63.9 Å². The van der Waals surface area contributed by atoms with Gasteiger partial charge in [-0.05, 0) is 70.0 Å². The number of halogens is 3. The molecule has 6 heterocycles. The van der Waals surface area contributed by atoms with Crippen LogP contribution >= 0.6 is 0 Å². The van der Waals surface area contributed by atoms with Crippen LogP contribution in [0.4, 0.5) is 24.9 Å². The first-order chi connectivity index (χ1) is 25.6. The highest BCUT2D eigenvalue weighted by atomic mass is 19.1. The highest BCUT2D eigenvalue weighted by Crippen LogP contribution is 2.32. The fraction of sp³-hybridized carbons (Fsp3) is 0.410. The number of aromatic nitrogens is 5. The van der Waals surface area contributed by atoms with Crippen LogP contribution in [0.3, 0.4) is 0 Å². The van der Waals surface area contributed by atoms with E-state index in [4.69, 9.17) is 0 Å². The minimum Gasteiger partial charge on any atom is -0.330 e. The van der Waals surface area contributed by atoms with E-state index in [9.17, 15) is 9.18 Å². The molecule has 3 aliphatic heterocycles. The Bertz CT molecular complexity index is 2160. The number of nitrogens with one attached hydrogen (secondary N) is 2. The maximum atomic E-state index is 15.7. The Balaban J connectivity index is 0.868. The number of piperazine rings is 1. The normalized spacial score (nSPS) is 18.4. The molecule has 0 radical (unpaired) electrons. The van der Waals surface area contributed by atoms with Gasteiger partial charge in [-0.15, -0.1) is 0 Å². The summed E-state index contributed by atoms with van der Waals surface area (Å²) in [6, 6.07) is 10.5. The van der Waals surface area contributed by atoms with Crippen LogP contribution in [-0.4, -0.2) is 90.4 Å². The second-order valence-electron chi connectivity index (χ2n) is 14.6. The van der Waals surface area contributed by atoms with E-state index in [1.807, 2.05) is 42.4 Å². The Hall–Kier alpha value is -4.92. The van der Waals surface area contributed by atoms with Crippen molar-refractivity contribution in [2.45, 2.75) is 65.3 Å². The lowest BCUT2D eigenvalue weighted by Crippen LogP contribution is -2.46. The molecule has 1 amide bonds. The zero-order valence-electron chi connectivity index (χ0n) is 30.2. The van der Waals surface area contributed by atoms with Crippen molar-refractivity contribution in [3.63, 3.8) is 0 Å². The number of rotatable bonds is 9. The summed E-state index contributed by atoms with van der Waals surface area (Å²) in [5.74, 6) is -0.213. The molecule has 14 heteroatoms. The number of anilines is 2. The number of carbonyl (C=O) groups is 1. The molecule has 0 bridgehead atoms. The molecule has 0 aliphatic carbocycles. The molecular weight excluding hydrogens is 681 g/mol. The average molecular weight is 725 g/mol. The Morgan fingerprint density at radius 1 is 0.943 bits per heavy atom. The van der Waals surface area contributed by atoms with E-state index in [-0.39, 0.29) is 46.5 Å². The summed E-state index contributed by atoms with van der Waals surface area (Å²) in [7, 11) is 0. The van der Waals surface area contributed by atoms with Crippen molar-refractivity contribution in [1.82, 2.24) is 44.5 Å². The topological polar surface area (TPSA) is 107 Å². The highest BCUT2D eigenvalue weighted by Gasteiger charge is 2.36. The summed E-state index contributed by atoms with van der Waals surface area (Å²) in [6.45, 7) is 12.3. The van der Waals surface area contributed by atoms with Gasteiger partial charge < -0.3 is 20.1 Å². The summed E-state index contributed by atoms with van der Waals surface area (Å²) < 4.78 is 47.7. The predicted octanol–water partition coefficient (Wildman–Crippen LogP) is 5.96. The monoisotopic (exact) mass is 724 g/mol. The zero-order valence-corrected chi connectivity index (χ0v) is 30.2. The number of hydrogen-bond donors (Lipinski definition) is 2. The fourth-order valence-electron chi connectivity index (χ4n) is 7.94. The molecule has 0 spiro atoms. The predicted molar refractivity (Wildman–Crippen MR) is 196 cm³/mol. The Morgan fingerprint density at radius 2 is 1.74 bits per heavy atom. The van der Waals surface area contributed by atoms with E-state index in [1.54, 1.807) is 24.4 Å². The Morgan fingerprint density at radius 3 is 2.45 bits per heavy atom. The third-order valence-electron chi connectivity index (χ3n) is 10.6. The lowest BCUT2D eigenvalue weighted by atomic mass is 10.0. The van der Waals surface area contributed by atoms with Gasteiger partial charge in [-0.2, -0.15) is 0 Å². The van der Waals surface area contributed by atoms with Crippen LogP contribution in [0.2, 0.25) is 0 Å². The standard InChI is InChI=1S/C39H43F3N10O/c1-23(2)52-24(3)46-37-31(40)15-27(16-33(37)52)36-32(41)19-45-39(48-36)47-34-9-6-25(17-44-34)20-49-11-13-50(14-12-49)21-26-7-8-29-30(35(26)42)22-51(38(29)53)28-5-4-10-43-18-28/h6-9,15-17,19,23,28,43H,4-5,10-14,18,20-22H2,1-3H3,(H,44,45,47,48). The number of piperidine rings is 1. The molecule has 3 aliphatic rings. The number of benzene rings is 2. The van der Waals surface area contributed by atoms with E-state index in [0.29, 0.717) is 53.5 Å². The minimum atomic E-state index is -0.668. The largest absolute Gasteiger partial charge is 0.330 e. The number of aryl methyl sites for hydroxylation is 1. The second kappa shape index (κ2) is 14.5. The van der Waals surface area contributed by atoms with Crippen molar-refractivity contribution in [2.75, 3.05) is 44.6 Å². The maximum absolute atomic E-state index is 15.7. The number of amides is 1. The summed E-state index contributed by atoms with van der Waals surface area (Å²) in [5, 5.41) is 6.40. The van der Waals surface area contributed by atoms with Crippen LogP contribution in [0.15, 0.2) is 48.8 Å². The first-order valence-corrected chi connectivity index (χ1v) is 18.3. The zero-order chi connectivity index (χ0) is 36.8. The number of nitrogens with zero attached hydrogens (tertiary/aromatic N) is 8. The number of hydrogen-bond acceptors (Lipinski definition) is 9. The van der Waals surface area contributed by atoms with Crippen LogP contribution in [0.25, 0.3) is 22.3 Å². The van der Waals surface area contributed by atoms with E-state index < -0.39 is 11.6 Å². The van der Waals surface area contributed by atoms with E-state index in [2.05, 4.69) is 40.4 Å². The van der Waals surface area contributed by atoms with Gasteiger partial charge in [0.2, 0.25) is 5.95 Å². The van der Waals surface area contributed by atoms with E-state index in [1.165, 1.54) is 6.07 Å². The van der Waals surface area contributed by atoms with Crippen LogP contribution in [0, 0.1) is 24.4 Å². The fourth-order valence-corrected chi connectivity index (χ4v) is 7.94. The van der Waals surface area contributed by atoms with Gasteiger partial charge in [0.05, 0.1) is 18.3 Å². The van der Waals surface area contributed by atoms with Crippen LogP contribution in [0.1, 0.15) is 65.6 Å². The van der Waals surface area contributed by atoms with Gasteiger partial charge in [-0.1, -0.05) is 12.1 Å². The van der Waals surface area contributed by atoms with Gasteiger partial charge in [-0.25, -0.2) is 33.1 Å². The summed E-state index contributed by atoms with van der Waals surface area (Å²) >= 11 is 0. The summed E-state index contributed by atoms with van der Waals surface area (Å²) in [4.78, 5) is 36.9. The molecule has 2 aromatic carbocycles. The quantitative estimate of drug-likeness (QED) is 0.190. The number of imidazole rings is 1. The van der Waals surface area contributed by atoms with Crippen molar-refractivity contribution < 1.29 is 18.0 Å². The second-order valence-corrected chi connectivity index (χ2v) is 14.6. The van der Waals surface area contributed by atoms with Crippen LogP contribution in [0.5, 0.6) is 0 Å². The summed E-state index contributed by atoms with van der Waals surface area (Å²) in [5.41, 5.74) is 3.77. The Labute approximate surface area is 306 Å². The molecule has 5 aromatic rings. The molecule has 2 saturated heterocycles. The van der Waals surface area contributed by atoms with E-state index >= 15 is 8.78 Å². The minimum absolute atomic E-state index is 0.0266. The number of carbonyl (C=O) groups excluding carboxylic acids is 1. The van der Waals surface area contributed by atoms with Crippen molar-refractivity contribution in [3.05, 3.63) is 94.3 Å². The summed E-state index contributed by atoms with van der Waals surface area (Å²) in [6.07, 6.45) is 4.82. The molecule has 8 rings (SSSR count). The lowest BCUT2D eigenvalue weighted by molar-refractivity contribution is 0.0674. The number of fused-ring (bicyclic) bond motifs is 2. The molecule has 53 heavy (non-hydrogen) atoms. The maximum Gasteiger partial charge on any atom is 0.254 e. The molecule has 2 N–H and O–H groups in total. The van der Waals surface area contributed by atoms with Gasteiger partial charge in [0.25, 0.3) is 5.91 Å². The molecule has 3 aromatic heterocycles. The molecule has 1 atom stereocenters. The Kier molecular flexibility index (Phi) is 9.60. The van der Waals surface area contributed by atoms with Gasteiger partial charge in [0.15, 0.2) is 11.6 Å². The molecule has 276 valence electrons. The molecule has 1 unspecified atom stereocenters. The van der Waals surface area contributed by atoms with Crippen LogP contribution in [-0.2, 0) is 19.6 Å². The van der Waals surface area contributed by atoms with Crippen molar-refractivity contribution in [2.24, 2.45) is 0 Å². The molecule has 2 fully saturated rings. The third kappa shape index (κ3) is 6.98.